The van der Waals surface area contributed by atoms with Crippen molar-refractivity contribution in [3.8, 4) is 0 Å². The molecule has 2 N–H and O–H groups in total. The molecule has 0 bridgehead atoms. The molecule has 0 aromatic rings. The van der Waals surface area contributed by atoms with Crippen LogP contribution in [-0.2, 0) is 14.2 Å². The summed E-state index contributed by atoms with van der Waals surface area (Å²) in [5, 5.41) is 22.0. The van der Waals surface area contributed by atoms with E-state index in [1.807, 2.05) is 6.08 Å². The highest BCUT2D eigenvalue weighted by Gasteiger charge is 2.78. The van der Waals surface area contributed by atoms with Gasteiger partial charge in [0, 0.05) is 24.4 Å². The first-order valence-electron chi connectivity index (χ1n) is 13.6. The Morgan fingerprint density at radius 2 is 1.75 bits per heavy atom. The lowest BCUT2D eigenvalue weighted by Crippen LogP contribution is -2.80. The number of unbranched alkanes of at least 4 members (excludes halogenated alkanes) is 2. The van der Waals surface area contributed by atoms with Crippen molar-refractivity contribution in [3.63, 3.8) is 0 Å². The van der Waals surface area contributed by atoms with Crippen LogP contribution >= 0.6 is 0 Å². The monoisotopic (exact) mass is 450 g/mol. The van der Waals surface area contributed by atoms with Gasteiger partial charge >= 0.3 is 0 Å². The Balaban J connectivity index is 1.59. The van der Waals surface area contributed by atoms with E-state index in [9.17, 15) is 10.2 Å². The molecule has 1 heterocycles. The Labute approximate surface area is 194 Å². The highest BCUT2D eigenvalue weighted by atomic mass is 16.8. The summed E-state index contributed by atoms with van der Waals surface area (Å²) in [7, 11) is 0. The number of fused-ring (bicyclic) bond motifs is 2. The summed E-state index contributed by atoms with van der Waals surface area (Å²) in [5.41, 5.74) is -0.485. The number of rotatable bonds is 10. The van der Waals surface area contributed by atoms with E-state index in [1.54, 1.807) is 0 Å². The molecule has 5 heteroatoms. The predicted octanol–water partition coefficient (Wildman–Crippen LogP) is 4.99. The fourth-order valence-corrected chi connectivity index (χ4v) is 7.20. The Kier molecular flexibility index (Phi) is 8.37. The maximum Gasteiger partial charge on any atom is 0.201 e. The summed E-state index contributed by atoms with van der Waals surface area (Å²) in [6.07, 6.45) is 16.1. The first-order valence-corrected chi connectivity index (χ1v) is 13.6. The molecule has 4 fully saturated rings. The third-order valence-corrected chi connectivity index (χ3v) is 8.83. The highest BCUT2D eigenvalue weighted by Crippen LogP contribution is 2.67. The molecule has 3 aliphatic carbocycles. The Bertz CT molecular complexity index is 609. The van der Waals surface area contributed by atoms with Gasteiger partial charge in [0.15, 0.2) is 0 Å². The van der Waals surface area contributed by atoms with Gasteiger partial charge in [0.05, 0.1) is 25.4 Å². The lowest BCUT2D eigenvalue weighted by atomic mass is 9.45. The standard InChI is InChI=1S/C27H46O5/c1-3-5-12-22-25-21(13-14-23(28)20-10-8-7-9-11-20)24(29)15-16-26(25,30-17-6-4-2)27(22)31-18-19-32-27/h13-14,20-25,28-29H,3-12,15-19H2,1-2H3/b14-13+/t21-,22?,23-,24+,25-,26+/m1/s1. The molecular weight excluding hydrogens is 404 g/mol. The molecule has 6 atom stereocenters. The maximum absolute atomic E-state index is 11.1. The molecule has 1 aliphatic heterocycles. The minimum atomic E-state index is -0.658. The predicted molar refractivity (Wildman–Crippen MR) is 125 cm³/mol. The molecule has 0 aromatic heterocycles. The van der Waals surface area contributed by atoms with Gasteiger partial charge in [-0.05, 0) is 44.4 Å². The number of aliphatic hydroxyl groups is 2. The van der Waals surface area contributed by atoms with Crippen LogP contribution in [0.4, 0.5) is 0 Å². The summed E-state index contributed by atoms with van der Waals surface area (Å²) in [6, 6.07) is 0. The molecule has 0 radical (unpaired) electrons. The molecule has 5 nitrogen and oxygen atoms in total. The summed E-state index contributed by atoms with van der Waals surface area (Å²) in [5.74, 6) is 0.0697. The quantitative estimate of drug-likeness (QED) is 0.362. The lowest BCUT2D eigenvalue weighted by molar-refractivity contribution is -0.423. The Morgan fingerprint density at radius 1 is 1.03 bits per heavy atom. The molecule has 4 aliphatic rings. The van der Waals surface area contributed by atoms with Crippen molar-refractivity contribution in [1.29, 1.82) is 0 Å². The smallest absolute Gasteiger partial charge is 0.201 e. The molecule has 1 saturated heterocycles. The first-order chi connectivity index (χ1) is 15.6. The molecule has 0 amide bonds. The molecule has 1 spiro atoms. The third-order valence-electron chi connectivity index (χ3n) is 8.83. The van der Waals surface area contributed by atoms with E-state index in [0.717, 1.165) is 51.4 Å². The van der Waals surface area contributed by atoms with Gasteiger partial charge in [-0.25, -0.2) is 0 Å². The minimum Gasteiger partial charge on any atom is -0.393 e. The summed E-state index contributed by atoms with van der Waals surface area (Å²) in [6.45, 7) is 6.36. The summed E-state index contributed by atoms with van der Waals surface area (Å²) in [4.78, 5) is 0. The van der Waals surface area contributed by atoms with Crippen LogP contribution in [0.1, 0.15) is 90.9 Å². The second kappa shape index (κ2) is 10.9. The normalized spacial score (nSPS) is 38.1. The number of hydrogen-bond donors (Lipinski definition) is 2. The van der Waals surface area contributed by atoms with Gasteiger partial charge in [0.25, 0.3) is 0 Å². The molecule has 0 aromatic carbocycles. The van der Waals surface area contributed by atoms with Crippen molar-refractivity contribution in [1.82, 2.24) is 0 Å². The second-order valence-electron chi connectivity index (χ2n) is 10.7. The van der Waals surface area contributed by atoms with E-state index in [2.05, 4.69) is 19.9 Å². The maximum atomic E-state index is 11.1. The number of hydrogen-bond acceptors (Lipinski definition) is 5. The second-order valence-corrected chi connectivity index (χ2v) is 10.7. The zero-order chi connectivity index (χ0) is 22.6. The summed E-state index contributed by atoms with van der Waals surface area (Å²) < 4.78 is 19.5. The van der Waals surface area contributed by atoms with Crippen molar-refractivity contribution in [2.75, 3.05) is 19.8 Å². The van der Waals surface area contributed by atoms with Crippen LogP contribution in [-0.4, -0.2) is 53.6 Å². The SMILES string of the molecule is CCCCO[C@@]12CC[C@H](O)[C@@H](/C=C/[C@@H](O)C3CCCCC3)[C@@H]1C(CCCC)C21OCCO1. The van der Waals surface area contributed by atoms with Crippen LogP contribution in [0.5, 0.6) is 0 Å². The highest BCUT2D eigenvalue weighted by molar-refractivity contribution is 5.25. The average Bonchev–Trinajstić information content (AvgIpc) is 3.33. The molecule has 4 rings (SSSR count). The summed E-state index contributed by atoms with van der Waals surface area (Å²) >= 11 is 0. The van der Waals surface area contributed by atoms with E-state index < -0.39 is 23.6 Å². The van der Waals surface area contributed by atoms with E-state index in [1.165, 1.54) is 19.3 Å². The topological polar surface area (TPSA) is 68.2 Å². The number of ether oxygens (including phenoxy) is 3. The van der Waals surface area contributed by atoms with Gasteiger partial charge in [-0.3, -0.25) is 0 Å². The van der Waals surface area contributed by atoms with Crippen molar-refractivity contribution in [2.24, 2.45) is 23.7 Å². The molecule has 184 valence electrons. The van der Waals surface area contributed by atoms with Crippen LogP contribution in [0, 0.1) is 23.7 Å². The van der Waals surface area contributed by atoms with Crippen molar-refractivity contribution in [2.45, 2.75) is 114 Å². The van der Waals surface area contributed by atoms with Gasteiger partial charge < -0.3 is 24.4 Å². The van der Waals surface area contributed by atoms with Crippen molar-refractivity contribution >= 4 is 0 Å². The first kappa shape index (κ1) is 24.7. The van der Waals surface area contributed by atoms with Gasteiger partial charge in [-0.1, -0.05) is 64.5 Å². The Morgan fingerprint density at radius 3 is 2.44 bits per heavy atom. The third kappa shape index (κ3) is 4.33. The molecule has 3 saturated carbocycles. The van der Waals surface area contributed by atoms with Gasteiger partial charge in [-0.2, -0.15) is 0 Å². The van der Waals surface area contributed by atoms with Crippen molar-refractivity contribution < 1.29 is 24.4 Å². The van der Waals surface area contributed by atoms with E-state index in [4.69, 9.17) is 14.2 Å². The van der Waals surface area contributed by atoms with Crippen LogP contribution < -0.4 is 0 Å². The van der Waals surface area contributed by atoms with Gasteiger partial charge in [0.2, 0.25) is 5.79 Å². The zero-order valence-electron chi connectivity index (χ0n) is 20.3. The van der Waals surface area contributed by atoms with Crippen LogP contribution in [0.2, 0.25) is 0 Å². The molecule has 1 unspecified atom stereocenters. The number of aliphatic hydroxyl groups excluding tert-OH is 2. The average molecular weight is 451 g/mol. The van der Waals surface area contributed by atoms with Crippen LogP contribution in [0.3, 0.4) is 0 Å². The fourth-order valence-electron chi connectivity index (χ4n) is 7.20. The molecular formula is C27H46O5. The minimum absolute atomic E-state index is 0.0242. The van der Waals surface area contributed by atoms with E-state index in [-0.39, 0.29) is 17.8 Å². The zero-order valence-corrected chi connectivity index (χ0v) is 20.3. The van der Waals surface area contributed by atoms with Gasteiger partial charge in [-0.15, -0.1) is 0 Å². The Hall–Kier alpha value is -0.460. The van der Waals surface area contributed by atoms with Crippen LogP contribution in [0.15, 0.2) is 12.2 Å². The molecule has 32 heavy (non-hydrogen) atoms. The lowest BCUT2D eigenvalue weighted by Gasteiger charge is -2.69. The fraction of sp³-hybridized carbons (Fsp3) is 0.926. The van der Waals surface area contributed by atoms with Gasteiger partial charge in [0.1, 0.15) is 5.60 Å². The van der Waals surface area contributed by atoms with Crippen molar-refractivity contribution in [3.05, 3.63) is 12.2 Å². The van der Waals surface area contributed by atoms with Crippen LogP contribution in [0.25, 0.3) is 0 Å². The van der Waals surface area contributed by atoms with E-state index in [0.29, 0.717) is 32.2 Å². The largest absolute Gasteiger partial charge is 0.393 e. The van der Waals surface area contributed by atoms with E-state index >= 15 is 0 Å².